The largest absolute Gasteiger partial charge is 0.496 e. The summed E-state index contributed by atoms with van der Waals surface area (Å²) in [6, 6.07) is 24.7. The molecule has 3 rings (SSSR count). The number of carbonyl (C=O) groups excluding carboxylic acids is 1. The first-order chi connectivity index (χ1) is 15.6. The third kappa shape index (κ3) is 6.25. The van der Waals surface area contributed by atoms with Crippen molar-refractivity contribution in [3.63, 3.8) is 0 Å². The van der Waals surface area contributed by atoms with E-state index in [1.807, 2.05) is 72.8 Å². The van der Waals surface area contributed by atoms with Crippen molar-refractivity contribution < 1.29 is 19.1 Å². The van der Waals surface area contributed by atoms with E-state index >= 15 is 0 Å². The number of methoxy groups -OCH3 is 1. The Hall–Kier alpha value is -4.00. The Morgan fingerprint density at radius 3 is 2.34 bits per heavy atom. The van der Waals surface area contributed by atoms with Gasteiger partial charge in [-0.25, -0.2) is 0 Å². The smallest absolute Gasteiger partial charge is 0.263 e. The minimum absolute atomic E-state index is 0.133. The molecule has 3 aromatic carbocycles. The van der Waals surface area contributed by atoms with Crippen LogP contribution in [0.5, 0.6) is 11.5 Å². The van der Waals surface area contributed by atoms with E-state index in [1.54, 1.807) is 25.1 Å². The van der Waals surface area contributed by atoms with E-state index < -0.39 is 0 Å². The summed E-state index contributed by atoms with van der Waals surface area (Å²) in [5.74, 6) is 1.21. The van der Waals surface area contributed by atoms with Crippen LogP contribution in [-0.2, 0) is 22.8 Å². The van der Waals surface area contributed by atoms with E-state index in [0.717, 1.165) is 16.9 Å². The lowest BCUT2D eigenvalue weighted by atomic mass is 10.2. The molecular weight excluding hydrogens is 406 g/mol. The predicted octanol–water partition coefficient (Wildman–Crippen LogP) is 3.57. The van der Waals surface area contributed by atoms with Crippen LogP contribution < -0.4 is 15.2 Å². The van der Waals surface area contributed by atoms with Gasteiger partial charge in [-0.2, -0.15) is 0 Å². The lowest BCUT2D eigenvalue weighted by molar-refractivity contribution is -0.135. The van der Waals surface area contributed by atoms with Gasteiger partial charge in [-0.15, -0.1) is 0 Å². The first-order valence-corrected chi connectivity index (χ1v) is 10.2. The highest BCUT2D eigenvalue weighted by Gasteiger charge is 2.13. The first-order valence-electron chi connectivity index (χ1n) is 10.2. The second-order valence-corrected chi connectivity index (χ2v) is 7.08. The van der Waals surface area contributed by atoms with Gasteiger partial charge in [-0.3, -0.25) is 4.79 Å². The van der Waals surface area contributed by atoms with Gasteiger partial charge in [-0.05, 0) is 23.8 Å². The number of hydrogen-bond donors (Lipinski definition) is 1. The molecule has 32 heavy (non-hydrogen) atoms. The van der Waals surface area contributed by atoms with Crippen LogP contribution >= 0.6 is 0 Å². The number of para-hydroxylation sites is 2. The number of benzene rings is 3. The predicted molar refractivity (Wildman–Crippen MR) is 123 cm³/mol. The van der Waals surface area contributed by atoms with Crippen molar-refractivity contribution in [2.24, 2.45) is 10.9 Å². The minimum atomic E-state index is -0.237. The number of nitrogens with zero attached hydrogens (tertiary/aromatic N) is 2. The van der Waals surface area contributed by atoms with Crippen molar-refractivity contribution in [2.45, 2.75) is 13.2 Å². The maximum Gasteiger partial charge on any atom is 0.263 e. The summed E-state index contributed by atoms with van der Waals surface area (Å²) < 4.78 is 11.2. The van der Waals surface area contributed by atoms with E-state index in [4.69, 9.17) is 20.0 Å². The zero-order valence-corrected chi connectivity index (χ0v) is 18.2. The molecule has 0 radical (unpaired) electrons. The van der Waals surface area contributed by atoms with Gasteiger partial charge in [0.1, 0.15) is 18.1 Å². The highest BCUT2D eigenvalue weighted by Crippen LogP contribution is 2.20. The Balaban J connectivity index is 1.57. The molecule has 0 aliphatic carbocycles. The molecule has 166 valence electrons. The highest BCUT2D eigenvalue weighted by molar-refractivity contribution is 5.99. The number of oxime groups is 1. The van der Waals surface area contributed by atoms with Crippen LogP contribution in [0.1, 0.15) is 16.7 Å². The fraction of sp³-hybridized carbons (Fsp3) is 0.200. The molecule has 0 heterocycles. The summed E-state index contributed by atoms with van der Waals surface area (Å²) in [4.78, 5) is 19.2. The number of rotatable bonds is 10. The second-order valence-electron chi connectivity index (χ2n) is 7.08. The SMILES string of the molecule is COc1ccccc1CN(C)C(=O)CO/N=C(/N)c1ccccc1OCc1ccccc1. The van der Waals surface area contributed by atoms with Crippen molar-refractivity contribution >= 4 is 11.7 Å². The van der Waals surface area contributed by atoms with Crippen LogP contribution in [0, 0.1) is 0 Å². The molecule has 0 aliphatic heterocycles. The first kappa shape index (κ1) is 22.7. The maximum absolute atomic E-state index is 12.4. The Kier molecular flexibility index (Phi) is 8.09. The second kappa shape index (κ2) is 11.4. The highest BCUT2D eigenvalue weighted by atomic mass is 16.6. The minimum Gasteiger partial charge on any atom is -0.496 e. The van der Waals surface area contributed by atoms with E-state index in [9.17, 15) is 4.79 Å². The van der Waals surface area contributed by atoms with Crippen LogP contribution in [0.15, 0.2) is 84.0 Å². The number of hydrogen-bond acceptors (Lipinski definition) is 5. The number of nitrogens with two attached hydrogens (primary N) is 1. The molecule has 0 atom stereocenters. The molecule has 0 saturated carbocycles. The molecule has 0 bridgehead atoms. The van der Waals surface area contributed by atoms with Gasteiger partial charge >= 0.3 is 0 Å². The van der Waals surface area contributed by atoms with Gasteiger partial charge in [-0.1, -0.05) is 65.8 Å². The number of amides is 1. The molecule has 7 nitrogen and oxygen atoms in total. The average Bonchev–Trinajstić information content (AvgIpc) is 2.83. The Labute approximate surface area is 188 Å². The zero-order valence-electron chi connectivity index (χ0n) is 18.2. The molecule has 3 aromatic rings. The molecule has 0 aliphatic rings. The molecule has 0 fully saturated rings. The van der Waals surface area contributed by atoms with Gasteiger partial charge in [0, 0.05) is 19.2 Å². The summed E-state index contributed by atoms with van der Waals surface area (Å²) in [7, 11) is 3.29. The zero-order chi connectivity index (χ0) is 22.8. The van der Waals surface area contributed by atoms with Crippen molar-refractivity contribution in [3.8, 4) is 11.5 Å². The van der Waals surface area contributed by atoms with Crippen LogP contribution in [0.4, 0.5) is 0 Å². The number of carbonyl (C=O) groups is 1. The normalized spacial score (nSPS) is 11.0. The third-order valence-electron chi connectivity index (χ3n) is 4.78. The van der Waals surface area contributed by atoms with Gasteiger partial charge in [0.05, 0.1) is 12.7 Å². The maximum atomic E-state index is 12.4. The lowest BCUT2D eigenvalue weighted by Gasteiger charge is -2.18. The fourth-order valence-electron chi connectivity index (χ4n) is 3.03. The average molecular weight is 434 g/mol. The topological polar surface area (TPSA) is 86.4 Å². The summed E-state index contributed by atoms with van der Waals surface area (Å²) in [5, 5.41) is 3.92. The van der Waals surface area contributed by atoms with E-state index in [0.29, 0.717) is 24.5 Å². The molecule has 7 heteroatoms. The van der Waals surface area contributed by atoms with Gasteiger partial charge in [0.2, 0.25) is 0 Å². The Bertz CT molecular complexity index is 1050. The molecule has 0 unspecified atom stereocenters. The quantitative estimate of drug-likeness (QED) is 0.300. The van der Waals surface area contributed by atoms with E-state index in [-0.39, 0.29) is 18.3 Å². The van der Waals surface area contributed by atoms with Crippen molar-refractivity contribution in [3.05, 3.63) is 95.6 Å². The lowest BCUT2D eigenvalue weighted by Crippen LogP contribution is -2.29. The van der Waals surface area contributed by atoms with Crippen LogP contribution in [0.3, 0.4) is 0 Å². The number of ether oxygens (including phenoxy) is 2. The third-order valence-corrected chi connectivity index (χ3v) is 4.78. The van der Waals surface area contributed by atoms with Crippen molar-refractivity contribution in [1.29, 1.82) is 0 Å². The summed E-state index contributed by atoms with van der Waals surface area (Å²) in [6.07, 6.45) is 0. The van der Waals surface area contributed by atoms with E-state index in [2.05, 4.69) is 5.16 Å². The molecule has 0 aromatic heterocycles. The van der Waals surface area contributed by atoms with Gasteiger partial charge in [0.15, 0.2) is 12.4 Å². The standard InChI is InChI=1S/C25H27N3O4/c1-28(16-20-12-6-8-14-22(20)30-2)24(29)18-32-27-25(26)21-13-7-9-15-23(21)31-17-19-10-4-3-5-11-19/h3-15H,16-18H2,1-2H3,(H2,26,27). The fourth-order valence-corrected chi connectivity index (χ4v) is 3.03. The molecule has 0 saturated heterocycles. The van der Waals surface area contributed by atoms with E-state index in [1.165, 1.54) is 0 Å². The monoisotopic (exact) mass is 433 g/mol. The molecule has 0 spiro atoms. The van der Waals surface area contributed by atoms with Crippen molar-refractivity contribution in [2.75, 3.05) is 20.8 Å². The van der Waals surface area contributed by atoms with Crippen LogP contribution in [0.2, 0.25) is 0 Å². The summed E-state index contributed by atoms with van der Waals surface area (Å²) in [6.45, 7) is 0.555. The molecular formula is C25H27N3O4. The molecule has 1 amide bonds. The van der Waals surface area contributed by atoms with Gasteiger partial charge < -0.3 is 24.9 Å². The van der Waals surface area contributed by atoms with Gasteiger partial charge in [0.25, 0.3) is 5.91 Å². The van der Waals surface area contributed by atoms with Crippen LogP contribution in [-0.4, -0.2) is 37.4 Å². The Morgan fingerprint density at radius 1 is 0.938 bits per heavy atom. The van der Waals surface area contributed by atoms with Crippen molar-refractivity contribution in [1.82, 2.24) is 4.90 Å². The molecule has 2 N–H and O–H groups in total. The number of amidine groups is 1. The summed E-state index contributed by atoms with van der Waals surface area (Å²) >= 11 is 0. The van der Waals surface area contributed by atoms with Crippen LogP contribution in [0.25, 0.3) is 0 Å². The Morgan fingerprint density at radius 2 is 1.59 bits per heavy atom. The number of likely N-dealkylation sites (N-methyl/N-ethyl adjacent to an activating group) is 1. The summed E-state index contributed by atoms with van der Waals surface area (Å²) in [5.41, 5.74) is 8.63.